The first-order valence-electron chi connectivity index (χ1n) is 19.1. The summed E-state index contributed by atoms with van der Waals surface area (Å²) in [6.45, 7) is 4.56. The van der Waals surface area contributed by atoms with Gasteiger partial charge in [0.1, 0.15) is 30.5 Å². The number of carbonyl (C=O) groups is 1. The molecule has 6 atom stereocenters. The topological polar surface area (TPSA) is 135 Å². The molecule has 1 fully saturated rings. The fraction of sp³-hybridized carbons (Fsp3) is 0.973. The molecule has 1 saturated heterocycles. The van der Waals surface area contributed by atoms with Crippen LogP contribution in [-0.2, 0) is 23.7 Å². The lowest BCUT2D eigenvalue weighted by Gasteiger charge is -2.39. The van der Waals surface area contributed by atoms with E-state index in [2.05, 4.69) is 13.8 Å². The zero-order chi connectivity index (χ0) is 33.7. The maximum absolute atomic E-state index is 12.6. The van der Waals surface area contributed by atoms with E-state index in [4.69, 9.17) is 18.9 Å². The Balaban J connectivity index is 2.32. The molecule has 6 unspecified atom stereocenters. The van der Waals surface area contributed by atoms with Crippen molar-refractivity contribution < 1.29 is 44.2 Å². The van der Waals surface area contributed by atoms with E-state index in [0.717, 1.165) is 32.1 Å². The van der Waals surface area contributed by atoms with Gasteiger partial charge >= 0.3 is 5.97 Å². The Morgan fingerprint density at radius 1 is 0.609 bits per heavy atom. The van der Waals surface area contributed by atoms with Crippen molar-refractivity contribution in [2.75, 3.05) is 26.4 Å². The average molecular weight is 661 g/mol. The largest absolute Gasteiger partial charge is 0.457 e. The van der Waals surface area contributed by atoms with Crippen LogP contribution in [0.1, 0.15) is 168 Å². The van der Waals surface area contributed by atoms with Crippen LogP contribution in [-0.4, -0.2) is 89.6 Å². The maximum atomic E-state index is 12.6. The molecule has 1 heterocycles. The summed E-state index contributed by atoms with van der Waals surface area (Å²) in [5.41, 5.74) is 0. The molecule has 0 spiro atoms. The molecule has 0 aromatic rings. The van der Waals surface area contributed by atoms with Crippen LogP contribution in [0.2, 0.25) is 0 Å². The molecule has 1 aliphatic heterocycles. The van der Waals surface area contributed by atoms with E-state index in [1.54, 1.807) is 0 Å². The molecule has 9 nitrogen and oxygen atoms in total. The Labute approximate surface area is 281 Å². The standard InChI is InChI=1S/C37H72O9/c1-3-5-7-9-11-13-15-16-17-19-21-23-25-27-43-29-31(30-44-37-36(42)35(41)34(40)32(28-38)46-37)45-33(39)26-24-22-20-18-14-12-10-8-6-4-2/h31-32,34-38,40-42H,3-30H2,1-2H3. The number of rotatable bonds is 32. The Morgan fingerprint density at radius 2 is 1.07 bits per heavy atom. The molecule has 1 aliphatic rings. The van der Waals surface area contributed by atoms with Gasteiger partial charge in [-0.15, -0.1) is 0 Å². The molecule has 0 radical (unpaired) electrons. The summed E-state index contributed by atoms with van der Waals surface area (Å²) in [7, 11) is 0. The summed E-state index contributed by atoms with van der Waals surface area (Å²) >= 11 is 0. The van der Waals surface area contributed by atoms with E-state index in [1.807, 2.05) is 0 Å². The number of carbonyl (C=O) groups excluding carboxylic acids is 1. The quantitative estimate of drug-likeness (QED) is 0.0439. The molecule has 46 heavy (non-hydrogen) atoms. The van der Waals surface area contributed by atoms with Crippen LogP contribution in [0.25, 0.3) is 0 Å². The minimum atomic E-state index is -1.53. The summed E-state index contributed by atoms with van der Waals surface area (Å²) in [6.07, 6.45) is 21.3. The van der Waals surface area contributed by atoms with Crippen LogP contribution in [0.5, 0.6) is 0 Å². The van der Waals surface area contributed by atoms with Gasteiger partial charge in [0, 0.05) is 13.0 Å². The van der Waals surface area contributed by atoms with Crippen LogP contribution < -0.4 is 0 Å². The van der Waals surface area contributed by atoms with Gasteiger partial charge in [-0.1, -0.05) is 149 Å². The van der Waals surface area contributed by atoms with E-state index >= 15 is 0 Å². The number of hydrogen-bond donors (Lipinski definition) is 4. The van der Waals surface area contributed by atoms with Crippen molar-refractivity contribution in [1.29, 1.82) is 0 Å². The predicted octanol–water partition coefficient (Wildman–Crippen LogP) is 7.13. The number of ether oxygens (including phenoxy) is 4. The van der Waals surface area contributed by atoms with Gasteiger partial charge in [0.05, 0.1) is 19.8 Å². The second kappa shape index (κ2) is 30.3. The Hall–Kier alpha value is -0.810. The van der Waals surface area contributed by atoms with Crippen LogP contribution in [0.4, 0.5) is 0 Å². The van der Waals surface area contributed by atoms with Crippen molar-refractivity contribution in [3.8, 4) is 0 Å². The van der Waals surface area contributed by atoms with Gasteiger partial charge in [0.2, 0.25) is 0 Å². The highest BCUT2D eigenvalue weighted by molar-refractivity contribution is 5.69. The third-order valence-electron chi connectivity index (χ3n) is 9.02. The third-order valence-corrected chi connectivity index (χ3v) is 9.02. The molecule has 0 bridgehead atoms. The van der Waals surface area contributed by atoms with Gasteiger partial charge in [-0.3, -0.25) is 4.79 Å². The summed E-state index contributed by atoms with van der Waals surface area (Å²) in [4.78, 5) is 12.6. The van der Waals surface area contributed by atoms with Crippen molar-refractivity contribution in [2.45, 2.75) is 205 Å². The van der Waals surface area contributed by atoms with Crippen molar-refractivity contribution in [3.05, 3.63) is 0 Å². The Kier molecular flexibility index (Phi) is 28.4. The zero-order valence-electron chi connectivity index (χ0n) is 29.6. The molecule has 0 aromatic carbocycles. The highest BCUT2D eigenvalue weighted by Crippen LogP contribution is 2.22. The molecule has 0 aliphatic carbocycles. The zero-order valence-corrected chi connectivity index (χ0v) is 29.6. The minimum absolute atomic E-state index is 0.106. The highest BCUT2D eigenvalue weighted by Gasteiger charge is 2.44. The van der Waals surface area contributed by atoms with Gasteiger partial charge < -0.3 is 39.4 Å². The van der Waals surface area contributed by atoms with Crippen molar-refractivity contribution in [3.63, 3.8) is 0 Å². The van der Waals surface area contributed by atoms with E-state index in [9.17, 15) is 25.2 Å². The molecule has 274 valence electrons. The number of unbranched alkanes of at least 4 members (excludes halogenated alkanes) is 21. The molecule has 0 amide bonds. The lowest BCUT2D eigenvalue weighted by atomic mass is 9.99. The number of hydrogen-bond acceptors (Lipinski definition) is 9. The van der Waals surface area contributed by atoms with Crippen LogP contribution >= 0.6 is 0 Å². The number of esters is 1. The summed E-state index contributed by atoms with van der Waals surface area (Å²) in [5, 5.41) is 39.9. The molecule has 9 heteroatoms. The molecule has 0 aromatic heterocycles. The summed E-state index contributed by atoms with van der Waals surface area (Å²) in [5.74, 6) is -0.313. The molecular formula is C37H72O9. The second-order valence-corrected chi connectivity index (χ2v) is 13.4. The first kappa shape index (κ1) is 43.2. The Morgan fingerprint density at radius 3 is 1.54 bits per heavy atom. The Bertz CT molecular complexity index is 677. The second-order valence-electron chi connectivity index (χ2n) is 13.4. The normalized spacial score (nSPS) is 22.3. The van der Waals surface area contributed by atoms with Crippen LogP contribution in [0, 0.1) is 0 Å². The van der Waals surface area contributed by atoms with Gasteiger partial charge in [-0.2, -0.15) is 0 Å². The maximum Gasteiger partial charge on any atom is 0.306 e. The minimum Gasteiger partial charge on any atom is -0.457 e. The van der Waals surface area contributed by atoms with Gasteiger partial charge in [0.25, 0.3) is 0 Å². The van der Waals surface area contributed by atoms with E-state index in [0.29, 0.717) is 13.0 Å². The SMILES string of the molecule is CCCCCCCCCCCCCCCOCC(COC1OC(CO)C(O)C(O)C1O)OC(=O)CCCCCCCCCCCC. The van der Waals surface area contributed by atoms with Crippen molar-refractivity contribution in [2.24, 2.45) is 0 Å². The fourth-order valence-corrected chi connectivity index (χ4v) is 5.96. The molecule has 0 saturated carbocycles. The van der Waals surface area contributed by atoms with Gasteiger partial charge in [-0.05, 0) is 12.8 Å². The smallest absolute Gasteiger partial charge is 0.306 e. The van der Waals surface area contributed by atoms with E-state index in [1.165, 1.54) is 116 Å². The van der Waals surface area contributed by atoms with Crippen LogP contribution in [0.3, 0.4) is 0 Å². The first-order valence-corrected chi connectivity index (χ1v) is 19.1. The van der Waals surface area contributed by atoms with Crippen molar-refractivity contribution in [1.82, 2.24) is 0 Å². The molecule has 1 rings (SSSR count). The predicted molar refractivity (Wildman–Crippen MR) is 183 cm³/mol. The first-order chi connectivity index (χ1) is 22.4. The van der Waals surface area contributed by atoms with E-state index in [-0.39, 0.29) is 19.2 Å². The van der Waals surface area contributed by atoms with Crippen molar-refractivity contribution >= 4 is 5.97 Å². The average Bonchev–Trinajstić information content (AvgIpc) is 3.05. The lowest BCUT2D eigenvalue weighted by molar-refractivity contribution is -0.305. The molecule has 4 N–H and O–H groups in total. The monoisotopic (exact) mass is 661 g/mol. The van der Waals surface area contributed by atoms with Gasteiger partial charge in [-0.25, -0.2) is 0 Å². The fourth-order valence-electron chi connectivity index (χ4n) is 5.96. The molecular weight excluding hydrogens is 588 g/mol. The van der Waals surface area contributed by atoms with Gasteiger partial charge in [0.15, 0.2) is 6.29 Å². The summed E-state index contributed by atoms with van der Waals surface area (Å²) < 4.78 is 22.7. The van der Waals surface area contributed by atoms with Crippen LogP contribution in [0.15, 0.2) is 0 Å². The van der Waals surface area contributed by atoms with E-state index < -0.39 is 43.4 Å². The highest BCUT2D eigenvalue weighted by atomic mass is 16.7. The number of aliphatic hydroxyl groups is 4. The third kappa shape index (κ3) is 21.9. The number of aliphatic hydroxyl groups excluding tert-OH is 4. The lowest BCUT2D eigenvalue weighted by Crippen LogP contribution is -2.59. The summed E-state index contributed by atoms with van der Waals surface area (Å²) in [6, 6.07) is 0.